The van der Waals surface area contributed by atoms with Crippen molar-refractivity contribution in [2.75, 3.05) is 0 Å². The predicted octanol–water partition coefficient (Wildman–Crippen LogP) is 8.62. The van der Waals surface area contributed by atoms with Crippen LogP contribution in [0.1, 0.15) is 117 Å². The smallest absolute Gasteiger partial charge is 0.119 e. The van der Waals surface area contributed by atoms with Crippen LogP contribution in [0.3, 0.4) is 0 Å². The van der Waals surface area contributed by atoms with Gasteiger partial charge in [-0.3, -0.25) is 0 Å². The van der Waals surface area contributed by atoms with Crippen molar-refractivity contribution in [1.29, 1.82) is 0 Å². The van der Waals surface area contributed by atoms with Crippen LogP contribution in [0.25, 0.3) is 0 Å². The Morgan fingerprint density at radius 3 is 1.55 bits per heavy atom. The first-order valence-electron chi connectivity index (χ1n) is 12.0. The van der Waals surface area contributed by atoms with Gasteiger partial charge in [-0.25, -0.2) is 0 Å². The highest BCUT2D eigenvalue weighted by Crippen LogP contribution is 2.22. The molecule has 2 nitrogen and oxygen atoms in total. The maximum absolute atomic E-state index is 6.36. The van der Waals surface area contributed by atoms with E-state index in [4.69, 9.17) is 10.5 Å². The average molecular weight is 471 g/mol. The second-order valence-corrected chi connectivity index (χ2v) is 9.13. The Labute approximate surface area is 192 Å². The molecule has 0 heterocycles. The van der Waals surface area contributed by atoms with E-state index >= 15 is 0 Å². The largest absolute Gasteiger partial charge is 0.489 e. The number of ether oxygens (including phenoxy) is 1. The van der Waals surface area contributed by atoms with E-state index in [1.807, 2.05) is 30.3 Å². The third-order valence-corrected chi connectivity index (χ3v) is 5.67. The summed E-state index contributed by atoms with van der Waals surface area (Å²) in [5, 5.41) is 0. The van der Waals surface area contributed by atoms with E-state index < -0.39 is 0 Å². The summed E-state index contributed by atoms with van der Waals surface area (Å²) in [7, 11) is 0. The maximum atomic E-state index is 6.36. The molecule has 3 heteroatoms. The fourth-order valence-electron chi connectivity index (χ4n) is 3.77. The topological polar surface area (TPSA) is 35.2 Å². The second-order valence-electron chi connectivity index (χ2n) is 9.13. The summed E-state index contributed by atoms with van der Waals surface area (Å²) in [5.74, 6) is 0.927. The summed E-state index contributed by atoms with van der Waals surface area (Å²) in [6, 6.07) is 10.1. The number of benzene rings is 1. The average Bonchev–Trinajstić information content (AvgIpc) is 2.67. The molecule has 0 aliphatic heterocycles. The molecule has 0 spiro atoms. The second kappa shape index (κ2) is 18.2. The molecule has 0 amide bonds. The van der Waals surface area contributed by atoms with Crippen LogP contribution in [0, 0.1) is 0 Å². The molecular formula is C26H48BrNO. The maximum Gasteiger partial charge on any atom is 0.119 e. The first kappa shape index (κ1) is 28.5. The van der Waals surface area contributed by atoms with Gasteiger partial charge >= 0.3 is 0 Å². The van der Waals surface area contributed by atoms with Gasteiger partial charge in [0, 0.05) is 5.54 Å². The van der Waals surface area contributed by atoms with E-state index in [1.54, 1.807) is 0 Å². The lowest BCUT2D eigenvalue weighted by Gasteiger charge is -2.31. The number of unbranched alkanes of at least 4 members (excludes halogenated alkanes) is 13. The molecule has 1 atom stereocenters. The highest BCUT2D eigenvalue weighted by molar-refractivity contribution is 8.93. The lowest BCUT2D eigenvalue weighted by atomic mass is 9.93. The van der Waals surface area contributed by atoms with Crippen molar-refractivity contribution < 1.29 is 4.74 Å². The molecule has 0 saturated carbocycles. The predicted molar refractivity (Wildman–Crippen MR) is 134 cm³/mol. The van der Waals surface area contributed by atoms with Gasteiger partial charge in [-0.15, -0.1) is 17.0 Å². The van der Waals surface area contributed by atoms with Crippen LogP contribution >= 0.6 is 17.0 Å². The molecular weight excluding hydrogens is 422 g/mol. The first-order valence-corrected chi connectivity index (χ1v) is 12.0. The van der Waals surface area contributed by atoms with Crippen molar-refractivity contribution in [3.8, 4) is 5.75 Å². The van der Waals surface area contributed by atoms with Crippen molar-refractivity contribution in [1.82, 2.24) is 0 Å². The molecule has 0 aliphatic rings. The number of hydrogen-bond donors (Lipinski definition) is 1. The third kappa shape index (κ3) is 15.9. The van der Waals surface area contributed by atoms with Crippen LogP contribution < -0.4 is 10.5 Å². The van der Waals surface area contributed by atoms with Crippen LogP contribution in [0.4, 0.5) is 0 Å². The monoisotopic (exact) mass is 469 g/mol. The summed E-state index contributed by atoms with van der Waals surface area (Å²) >= 11 is 0. The SMILES string of the molecule is Br.CCCCCCCCCCCCCCCCC(Oc1ccccc1)C(C)(C)N. The van der Waals surface area contributed by atoms with Gasteiger partial charge in [-0.1, -0.05) is 109 Å². The molecule has 1 aromatic rings. The zero-order chi connectivity index (χ0) is 20.5. The minimum Gasteiger partial charge on any atom is -0.489 e. The van der Waals surface area contributed by atoms with Gasteiger partial charge in [-0.05, 0) is 38.8 Å². The molecule has 0 saturated heterocycles. The van der Waals surface area contributed by atoms with E-state index in [-0.39, 0.29) is 28.6 Å². The lowest BCUT2D eigenvalue weighted by Crippen LogP contribution is -2.48. The zero-order valence-corrected chi connectivity index (χ0v) is 21.2. The van der Waals surface area contributed by atoms with Crippen LogP contribution in [0.5, 0.6) is 5.75 Å². The molecule has 2 N–H and O–H groups in total. The van der Waals surface area contributed by atoms with Crippen molar-refractivity contribution in [2.24, 2.45) is 5.73 Å². The molecule has 170 valence electrons. The standard InChI is InChI=1S/C26H47NO.BrH/c1-4-5-6-7-8-9-10-11-12-13-14-15-16-20-23-25(26(2,3)27)28-24-21-18-17-19-22-24;/h17-19,21-22,25H,4-16,20,23,27H2,1-3H3;1H. The molecule has 1 rings (SSSR count). The summed E-state index contributed by atoms with van der Waals surface area (Å²) in [4.78, 5) is 0. The summed E-state index contributed by atoms with van der Waals surface area (Å²) < 4.78 is 6.17. The molecule has 0 aromatic heterocycles. The van der Waals surface area contributed by atoms with Crippen molar-refractivity contribution >= 4 is 17.0 Å². The molecule has 0 fully saturated rings. The minimum atomic E-state index is -0.313. The highest BCUT2D eigenvalue weighted by Gasteiger charge is 2.26. The fourth-order valence-corrected chi connectivity index (χ4v) is 3.77. The van der Waals surface area contributed by atoms with Crippen LogP contribution in [0.2, 0.25) is 0 Å². The van der Waals surface area contributed by atoms with Gasteiger partial charge in [0.15, 0.2) is 0 Å². The number of para-hydroxylation sites is 1. The Bertz CT molecular complexity index is 458. The third-order valence-electron chi connectivity index (χ3n) is 5.67. The van der Waals surface area contributed by atoms with Gasteiger partial charge in [0.25, 0.3) is 0 Å². The Kier molecular flexibility index (Phi) is 17.9. The van der Waals surface area contributed by atoms with E-state index in [2.05, 4.69) is 20.8 Å². The quantitative estimate of drug-likeness (QED) is 0.218. The summed E-state index contributed by atoms with van der Waals surface area (Å²) in [6.07, 6.45) is 20.6. The zero-order valence-electron chi connectivity index (χ0n) is 19.5. The Morgan fingerprint density at radius 2 is 1.14 bits per heavy atom. The Morgan fingerprint density at radius 1 is 0.724 bits per heavy atom. The normalized spacial score (nSPS) is 12.4. The fraction of sp³-hybridized carbons (Fsp3) is 0.769. The van der Waals surface area contributed by atoms with Crippen molar-refractivity contribution in [3.63, 3.8) is 0 Å². The number of hydrogen-bond acceptors (Lipinski definition) is 2. The molecule has 0 aliphatic carbocycles. The summed E-state index contributed by atoms with van der Waals surface area (Å²) in [6.45, 7) is 6.44. The minimum absolute atomic E-state index is 0. The molecule has 29 heavy (non-hydrogen) atoms. The van der Waals surface area contributed by atoms with Gasteiger partial charge in [0.1, 0.15) is 11.9 Å². The van der Waals surface area contributed by atoms with E-state index in [0.717, 1.165) is 12.2 Å². The Balaban J connectivity index is 0.00000784. The molecule has 1 unspecified atom stereocenters. The highest BCUT2D eigenvalue weighted by atomic mass is 79.9. The number of rotatable bonds is 18. The van der Waals surface area contributed by atoms with Crippen LogP contribution in [-0.4, -0.2) is 11.6 Å². The van der Waals surface area contributed by atoms with E-state index in [9.17, 15) is 0 Å². The van der Waals surface area contributed by atoms with Gasteiger partial charge in [0.05, 0.1) is 0 Å². The van der Waals surface area contributed by atoms with Gasteiger partial charge < -0.3 is 10.5 Å². The lowest BCUT2D eigenvalue weighted by molar-refractivity contribution is 0.117. The van der Waals surface area contributed by atoms with E-state index in [1.165, 1.54) is 89.9 Å². The number of nitrogens with two attached hydrogens (primary N) is 1. The van der Waals surface area contributed by atoms with Crippen LogP contribution in [0.15, 0.2) is 30.3 Å². The number of halogens is 1. The van der Waals surface area contributed by atoms with Gasteiger partial charge in [0.2, 0.25) is 0 Å². The van der Waals surface area contributed by atoms with Crippen LogP contribution in [-0.2, 0) is 0 Å². The van der Waals surface area contributed by atoms with Gasteiger partial charge in [-0.2, -0.15) is 0 Å². The molecule has 0 bridgehead atoms. The van der Waals surface area contributed by atoms with Crippen molar-refractivity contribution in [2.45, 2.75) is 129 Å². The first-order chi connectivity index (χ1) is 13.5. The van der Waals surface area contributed by atoms with E-state index in [0.29, 0.717) is 0 Å². The molecule has 0 radical (unpaired) electrons. The summed E-state index contributed by atoms with van der Waals surface area (Å²) in [5.41, 5.74) is 6.04. The van der Waals surface area contributed by atoms with Crippen molar-refractivity contribution in [3.05, 3.63) is 30.3 Å². The molecule has 1 aromatic carbocycles. The Hall–Kier alpha value is -0.540.